The van der Waals surface area contributed by atoms with Crippen LogP contribution in [0.15, 0.2) is 24.4 Å². The number of fused-ring (bicyclic) bond motifs is 1. The first-order valence-corrected chi connectivity index (χ1v) is 12.4. The minimum Gasteiger partial charge on any atom is -0.457 e. The van der Waals surface area contributed by atoms with Crippen molar-refractivity contribution in [3.63, 3.8) is 0 Å². The van der Waals surface area contributed by atoms with Crippen LogP contribution in [0, 0.1) is 0 Å². The van der Waals surface area contributed by atoms with Crippen molar-refractivity contribution in [2.24, 2.45) is 0 Å². The minimum absolute atomic E-state index is 0.160. The molecule has 2 N–H and O–H groups in total. The molecule has 1 aromatic carbocycles. The summed E-state index contributed by atoms with van der Waals surface area (Å²) in [6.07, 6.45) is 7.93. The summed E-state index contributed by atoms with van der Waals surface area (Å²) in [5.74, 6) is 0.872. The Bertz CT molecular complexity index is 1080. The number of hydrogen-bond donors (Lipinski definition) is 2. The molecule has 2 aromatic heterocycles. The lowest BCUT2D eigenvalue weighted by atomic mass is 10.1. The minimum atomic E-state index is -1.49. The van der Waals surface area contributed by atoms with Gasteiger partial charge in [-0.1, -0.05) is 15.7 Å². The van der Waals surface area contributed by atoms with Crippen LogP contribution in [0.3, 0.4) is 0 Å². The first-order chi connectivity index (χ1) is 16.5. The number of amides is 1. The van der Waals surface area contributed by atoms with Crippen LogP contribution >= 0.6 is 9.24 Å². The normalized spacial score (nSPS) is 19.8. The van der Waals surface area contributed by atoms with Gasteiger partial charge in [0, 0.05) is 12.7 Å². The van der Waals surface area contributed by atoms with Crippen molar-refractivity contribution in [1.82, 2.24) is 24.6 Å². The molecule has 3 aromatic rings. The maximum Gasteiger partial charge on any atom is 0.249 e. The van der Waals surface area contributed by atoms with E-state index in [1.165, 1.54) is 32.4 Å². The molecule has 2 aliphatic heterocycles. The Morgan fingerprint density at radius 1 is 1.29 bits per heavy atom. The van der Waals surface area contributed by atoms with Crippen molar-refractivity contribution in [2.45, 2.75) is 50.9 Å². The van der Waals surface area contributed by atoms with E-state index in [1.807, 2.05) is 9.24 Å². The average molecular weight is 491 g/mol. The Kier molecular flexibility index (Phi) is 8.48. The lowest BCUT2D eigenvalue weighted by Crippen LogP contribution is -2.24. The number of benzene rings is 1. The summed E-state index contributed by atoms with van der Waals surface area (Å²) in [6.45, 7) is 3.33. The van der Waals surface area contributed by atoms with Gasteiger partial charge in [-0.3, -0.25) is 4.79 Å². The third-order valence-corrected chi connectivity index (χ3v) is 6.04. The fraction of sp³-hybridized carbons (Fsp3) is 0.522. The van der Waals surface area contributed by atoms with Gasteiger partial charge in [0.15, 0.2) is 11.5 Å². The van der Waals surface area contributed by atoms with E-state index in [2.05, 4.69) is 32.3 Å². The van der Waals surface area contributed by atoms with E-state index >= 15 is 0 Å². The van der Waals surface area contributed by atoms with Crippen LogP contribution in [-0.2, 0) is 9.53 Å². The van der Waals surface area contributed by atoms with E-state index < -0.39 is 6.10 Å². The van der Waals surface area contributed by atoms with Crippen LogP contribution in [0.5, 0.6) is 5.75 Å². The highest BCUT2D eigenvalue weighted by Crippen LogP contribution is 2.31. The van der Waals surface area contributed by atoms with Crippen LogP contribution in [-0.4, -0.2) is 63.9 Å². The highest BCUT2D eigenvalue weighted by atomic mass is 31.0. The van der Waals surface area contributed by atoms with Crippen LogP contribution in [0.2, 0.25) is 0 Å². The molecule has 5 rings (SSSR count). The molecular formula is C23H32FN6O3P. The molecule has 1 amide bonds. The zero-order chi connectivity index (χ0) is 23.9. The number of aromatic amines is 1. The Morgan fingerprint density at radius 2 is 2.12 bits per heavy atom. The van der Waals surface area contributed by atoms with Crippen molar-refractivity contribution < 1.29 is 18.7 Å². The number of anilines is 1. The van der Waals surface area contributed by atoms with E-state index in [1.54, 1.807) is 29.1 Å². The molecule has 0 saturated carbocycles. The summed E-state index contributed by atoms with van der Waals surface area (Å²) in [6, 6.07) is 5.03. The summed E-state index contributed by atoms with van der Waals surface area (Å²) >= 11 is 0. The van der Waals surface area contributed by atoms with Gasteiger partial charge in [-0.05, 0) is 64.4 Å². The topological polar surface area (TPSA) is 97.3 Å². The smallest absolute Gasteiger partial charge is 0.249 e. The predicted octanol–water partition coefficient (Wildman–Crippen LogP) is 4.30. The van der Waals surface area contributed by atoms with Crippen LogP contribution < -0.4 is 10.1 Å². The summed E-state index contributed by atoms with van der Waals surface area (Å²) < 4.78 is 25.5. The van der Waals surface area contributed by atoms with E-state index in [9.17, 15) is 9.18 Å². The van der Waals surface area contributed by atoms with Crippen molar-refractivity contribution in [3.8, 4) is 17.3 Å². The second-order valence-electron chi connectivity index (χ2n) is 8.55. The third kappa shape index (κ3) is 6.31. The number of carbonyl (C=O) groups is 1. The number of imidazole rings is 1. The Labute approximate surface area is 200 Å². The SMILES string of the molecule is CN1CCCCC1.O=CNc1cn(C2CCCCO2)nc1-c1nc2ccc(OC(F)P)cc2[nH]1. The fourth-order valence-electron chi connectivity index (χ4n) is 4.17. The lowest BCUT2D eigenvalue weighted by molar-refractivity contribution is -0.105. The van der Waals surface area contributed by atoms with Crippen LogP contribution in [0.25, 0.3) is 22.6 Å². The molecule has 0 radical (unpaired) electrons. The van der Waals surface area contributed by atoms with Gasteiger partial charge in [-0.15, -0.1) is 0 Å². The molecule has 0 spiro atoms. The van der Waals surface area contributed by atoms with Crippen LogP contribution in [0.1, 0.15) is 44.8 Å². The predicted molar refractivity (Wildman–Crippen MR) is 132 cm³/mol. The number of alkyl halides is 1. The maximum absolute atomic E-state index is 13.0. The zero-order valence-corrected chi connectivity index (χ0v) is 20.5. The van der Waals surface area contributed by atoms with Gasteiger partial charge >= 0.3 is 0 Å². The van der Waals surface area contributed by atoms with Crippen LogP contribution in [0.4, 0.5) is 10.1 Å². The van der Waals surface area contributed by atoms with Gasteiger partial charge in [0.2, 0.25) is 12.5 Å². The number of hydrogen-bond acceptors (Lipinski definition) is 6. The number of carbonyl (C=O) groups excluding carboxylic acids is 1. The van der Waals surface area contributed by atoms with Gasteiger partial charge in [0.25, 0.3) is 0 Å². The largest absolute Gasteiger partial charge is 0.457 e. The highest BCUT2D eigenvalue weighted by Gasteiger charge is 2.21. The van der Waals surface area contributed by atoms with Gasteiger partial charge in [0.1, 0.15) is 12.0 Å². The number of likely N-dealkylation sites (tertiary alicyclic amines) is 1. The summed E-state index contributed by atoms with van der Waals surface area (Å²) in [4.78, 5) is 21.1. The van der Waals surface area contributed by atoms with Crippen molar-refractivity contribution >= 4 is 32.4 Å². The van der Waals surface area contributed by atoms with Gasteiger partial charge in [-0.25, -0.2) is 9.67 Å². The lowest BCUT2D eigenvalue weighted by Gasteiger charge is -2.22. The third-order valence-electron chi connectivity index (χ3n) is 5.90. The monoisotopic (exact) mass is 490 g/mol. The molecule has 2 aliphatic rings. The molecule has 0 aliphatic carbocycles. The standard InChI is InChI=1S/C17H19FN5O3P.C6H13N/c18-17(27)26-10-4-5-11-12(7-10)21-16(20-11)15-13(19-9-24)8-23(22-15)14-3-1-2-6-25-14;1-7-5-3-2-4-6-7/h4-5,7-9,14,17H,1-3,6,27H2,(H,19,24)(H,20,21);2-6H2,1H3. The number of H-pyrrole nitrogens is 1. The van der Waals surface area contributed by atoms with E-state index in [0.29, 0.717) is 47.0 Å². The maximum atomic E-state index is 13.0. The Hall–Kier alpha value is -2.55. The second-order valence-corrected chi connectivity index (χ2v) is 9.08. The summed E-state index contributed by atoms with van der Waals surface area (Å²) in [7, 11) is 4.13. The molecule has 11 heteroatoms. The molecule has 2 fully saturated rings. The van der Waals surface area contributed by atoms with Gasteiger partial charge in [0.05, 0.1) is 22.9 Å². The molecule has 3 atom stereocenters. The van der Waals surface area contributed by atoms with E-state index in [4.69, 9.17) is 9.47 Å². The number of piperidine rings is 1. The van der Waals surface area contributed by atoms with Crippen molar-refractivity contribution in [2.75, 3.05) is 32.1 Å². The molecule has 0 bridgehead atoms. The fourth-order valence-corrected chi connectivity index (χ4v) is 4.33. The number of nitrogens with zero attached hydrogens (tertiary/aromatic N) is 4. The first kappa shape index (κ1) is 24.6. The highest BCUT2D eigenvalue weighted by molar-refractivity contribution is 7.16. The van der Waals surface area contributed by atoms with E-state index in [-0.39, 0.29) is 6.23 Å². The van der Waals surface area contributed by atoms with Gasteiger partial charge in [-0.2, -0.15) is 9.49 Å². The molecular weight excluding hydrogens is 458 g/mol. The first-order valence-electron chi connectivity index (χ1n) is 11.7. The molecule has 4 heterocycles. The number of halogens is 1. The summed E-state index contributed by atoms with van der Waals surface area (Å²) in [5, 5.41) is 7.23. The number of aromatic nitrogens is 4. The second kappa shape index (κ2) is 11.7. The average Bonchev–Trinajstić information content (AvgIpc) is 3.44. The molecule has 2 saturated heterocycles. The number of rotatable bonds is 6. The number of nitrogens with one attached hydrogen (secondary N) is 2. The Morgan fingerprint density at radius 3 is 2.76 bits per heavy atom. The molecule has 3 unspecified atom stereocenters. The molecule has 9 nitrogen and oxygen atoms in total. The zero-order valence-electron chi connectivity index (χ0n) is 19.4. The van der Waals surface area contributed by atoms with Crippen molar-refractivity contribution in [3.05, 3.63) is 24.4 Å². The summed E-state index contributed by atoms with van der Waals surface area (Å²) in [5.41, 5.74) is 2.39. The van der Waals surface area contributed by atoms with E-state index in [0.717, 1.165) is 19.3 Å². The van der Waals surface area contributed by atoms with Gasteiger partial charge < -0.3 is 24.7 Å². The Balaban J connectivity index is 0.000000336. The number of ether oxygens (including phenoxy) is 2. The quantitative estimate of drug-likeness (QED) is 0.395. The van der Waals surface area contributed by atoms with Crippen molar-refractivity contribution in [1.29, 1.82) is 0 Å². The molecule has 184 valence electrons. The molecule has 34 heavy (non-hydrogen) atoms.